The molecule has 18 heavy (non-hydrogen) atoms. The minimum atomic E-state index is -1.52. The number of carboxylic acids is 1. The zero-order chi connectivity index (χ0) is 13.2. The van der Waals surface area contributed by atoms with E-state index in [1.807, 2.05) is 6.07 Å². The lowest BCUT2D eigenvalue weighted by atomic mass is 9.93. The molecule has 0 fully saturated rings. The molecule has 0 aliphatic carbocycles. The van der Waals surface area contributed by atoms with Gasteiger partial charge in [-0.15, -0.1) is 11.6 Å². The largest absolute Gasteiger partial charge is 0.480 e. The molecular formula is C13H12ClNO3. The van der Waals surface area contributed by atoms with E-state index in [9.17, 15) is 9.90 Å². The lowest BCUT2D eigenvalue weighted by Crippen LogP contribution is -2.36. The maximum Gasteiger partial charge on any atom is 0.329 e. The van der Waals surface area contributed by atoms with E-state index in [-0.39, 0.29) is 6.42 Å². The van der Waals surface area contributed by atoms with Gasteiger partial charge in [0.25, 0.3) is 0 Å². The van der Waals surface area contributed by atoms with Gasteiger partial charge >= 0.3 is 5.97 Å². The van der Waals surface area contributed by atoms with Crippen LogP contribution in [0.2, 0.25) is 0 Å². The second kappa shape index (κ2) is 4.92. The van der Waals surface area contributed by atoms with Crippen LogP contribution in [0.3, 0.4) is 0 Å². The summed E-state index contributed by atoms with van der Waals surface area (Å²) >= 11 is 5.96. The number of nitrogens with zero attached hydrogens (tertiary/aromatic N) is 1. The Labute approximate surface area is 109 Å². The topological polar surface area (TPSA) is 69.9 Å². The zero-order valence-corrected chi connectivity index (χ0v) is 10.2. The Bertz CT molecular complexity index is 512. The van der Waals surface area contributed by atoms with Gasteiger partial charge < -0.3 is 10.2 Å². The molecule has 5 heteroatoms. The summed E-state index contributed by atoms with van der Waals surface area (Å²) in [7, 11) is 0. The Kier molecular flexibility index (Phi) is 3.50. The highest BCUT2D eigenvalue weighted by atomic mass is 35.5. The summed E-state index contributed by atoms with van der Waals surface area (Å²) in [5, 5.41) is 19.2. The van der Waals surface area contributed by atoms with Crippen molar-refractivity contribution in [3.8, 4) is 0 Å². The lowest BCUT2D eigenvalue weighted by Gasteiger charge is -2.24. The summed E-state index contributed by atoms with van der Waals surface area (Å²) in [6.07, 6.45) is 1.69. The predicted octanol–water partition coefficient (Wildman–Crippen LogP) is 2.14. The van der Waals surface area contributed by atoms with Crippen LogP contribution in [0.1, 0.15) is 18.1 Å². The first-order chi connectivity index (χ1) is 8.53. The number of carboxylic acid groups (broad SMARTS) is 1. The van der Waals surface area contributed by atoms with Crippen molar-refractivity contribution in [3.05, 3.63) is 48.2 Å². The van der Waals surface area contributed by atoms with Gasteiger partial charge in [-0.3, -0.25) is 4.99 Å². The highest BCUT2D eigenvalue weighted by Crippen LogP contribution is 2.30. The van der Waals surface area contributed by atoms with Gasteiger partial charge in [0.1, 0.15) is 6.10 Å². The van der Waals surface area contributed by atoms with Gasteiger partial charge in [-0.05, 0) is 11.6 Å². The number of aliphatic carboxylic acids is 1. The number of hydrogen-bond donors (Lipinski definition) is 2. The number of aliphatic hydroxyl groups excluding tert-OH is 1. The molecule has 2 atom stereocenters. The maximum atomic E-state index is 11.1. The van der Waals surface area contributed by atoms with E-state index < -0.39 is 16.9 Å². The van der Waals surface area contributed by atoms with E-state index in [1.54, 1.807) is 24.3 Å². The van der Waals surface area contributed by atoms with Crippen LogP contribution in [0.4, 0.5) is 0 Å². The molecule has 1 aliphatic rings. The van der Waals surface area contributed by atoms with E-state index >= 15 is 0 Å². The number of alkyl halides is 1. The SMILES string of the molecule is O=C(O)C1(Cl)C=CN=C(C(O)c2ccccc2)C1. The Morgan fingerprint density at radius 3 is 2.67 bits per heavy atom. The molecular weight excluding hydrogens is 254 g/mol. The van der Waals surface area contributed by atoms with Crippen LogP contribution in [0.15, 0.2) is 47.6 Å². The van der Waals surface area contributed by atoms with Gasteiger partial charge in [0.2, 0.25) is 0 Å². The molecule has 1 aromatic rings. The smallest absolute Gasteiger partial charge is 0.329 e. The minimum Gasteiger partial charge on any atom is -0.480 e. The first-order valence-electron chi connectivity index (χ1n) is 5.42. The summed E-state index contributed by atoms with van der Waals surface area (Å²) in [6.45, 7) is 0. The van der Waals surface area contributed by atoms with Gasteiger partial charge in [0, 0.05) is 12.6 Å². The van der Waals surface area contributed by atoms with E-state index in [2.05, 4.69) is 4.99 Å². The molecule has 0 spiro atoms. The van der Waals surface area contributed by atoms with E-state index in [4.69, 9.17) is 16.7 Å². The summed E-state index contributed by atoms with van der Waals surface area (Å²) in [5.74, 6) is -1.15. The van der Waals surface area contributed by atoms with Gasteiger partial charge in [-0.1, -0.05) is 30.3 Å². The molecule has 1 aliphatic heterocycles. The molecule has 0 aromatic heterocycles. The van der Waals surface area contributed by atoms with Gasteiger partial charge in [0.05, 0.1) is 5.71 Å². The fourth-order valence-corrected chi connectivity index (χ4v) is 1.95. The average Bonchev–Trinajstić information content (AvgIpc) is 2.39. The molecule has 0 saturated heterocycles. The van der Waals surface area contributed by atoms with Crippen LogP contribution in [0, 0.1) is 0 Å². The van der Waals surface area contributed by atoms with Crippen molar-refractivity contribution in [3.63, 3.8) is 0 Å². The Balaban J connectivity index is 2.23. The molecule has 0 amide bonds. The molecule has 0 saturated carbocycles. The lowest BCUT2D eigenvalue weighted by molar-refractivity contribution is -0.138. The Hall–Kier alpha value is -1.65. The average molecular weight is 266 g/mol. The van der Waals surface area contributed by atoms with Crippen LogP contribution in [-0.2, 0) is 4.79 Å². The van der Waals surface area contributed by atoms with Crippen molar-refractivity contribution < 1.29 is 15.0 Å². The molecule has 2 N–H and O–H groups in total. The van der Waals surface area contributed by atoms with Crippen LogP contribution in [0.5, 0.6) is 0 Å². The molecule has 2 rings (SSSR count). The van der Waals surface area contributed by atoms with Crippen LogP contribution in [-0.4, -0.2) is 26.8 Å². The van der Waals surface area contributed by atoms with Crippen molar-refractivity contribution in [1.29, 1.82) is 0 Å². The first kappa shape index (κ1) is 12.8. The monoisotopic (exact) mass is 265 g/mol. The maximum absolute atomic E-state index is 11.1. The zero-order valence-electron chi connectivity index (χ0n) is 9.45. The number of halogens is 1. The van der Waals surface area contributed by atoms with E-state index in [1.165, 1.54) is 12.3 Å². The number of rotatable bonds is 3. The van der Waals surface area contributed by atoms with Crippen LogP contribution < -0.4 is 0 Å². The van der Waals surface area contributed by atoms with Crippen molar-refractivity contribution in [2.24, 2.45) is 4.99 Å². The fourth-order valence-electron chi connectivity index (χ4n) is 1.76. The number of aliphatic hydroxyl groups is 1. The molecule has 1 heterocycles. The quantitative estimate of drug-likeness (QED) is 0.823. The Morgan fingerprint density at radius 1 is 1.39 bits per heavy atom. The van der Waals surface area contributed by atoms with Crippen molar-refractivity contribution in [2.45, 2.75) is 17.4 Å². The van der Waals surface area contributed by atoms with Gasteiger partial charge in [-0.25, -0.2) is 4.79 Å². The predicted molar refractivity (Wildman–Crippen MR) is 68.8 cm³/mol. The first-order valence-corrected chi connectivity index (χ1v) is 5.80. The molecule has 94 valence electrons. The third kappa shape index (κ3) is 2.44. The summed E-state index contributed by atoms with van der Waals surface area (Å²) in [6, 6.07) is 8.93. The third-order valence-electron chi connectivity index (χ3n) is 2.80. The van der Waals surface area contributed by atoms with Crippen molar-refractivity contribution >= 4 is 23.3 Å². The summed E-state index contributed by atoms with van der Waals surface area (Å²) in [4.78, 5) is 13.6. The highest BCUT2D eigenvalue weighted by molar-refractivity contribution is 6.37. The summed E-state index contributed by atoms with van der Waals surface area (Å²) in [5.41, 5.74) is 1.01. The second-order valence-electron chi connectivity index (χ2n) is 4.09. The standard InChI is InChI=1S/C13H12ClNO3/c14-13(12(17)18)6-7-15-10(8-13)11(16)9-4-2-1-3-5-9/h1-7,11,16H,8H2,(H,17,18). The van der Waals surface area contributed by atoms with E-state index in [0.717, 1.165) is 0 Å². The molecule has 1 aromatic carbocycles. The van der Waals surface area contributed by atoms with E-state index in [0.29, 0.717) is 11.3 Å². The number of benzene rings is 1. The number of aliphatic imine (C=N–C) groups is 1. The van der Waals surface area contributed by atoms with Gasteiger partial charge in [-0.2, -0.15) is 0 Å². The number of hydrogen-bond acceptors (Lipinski definition) is 3. The summed E-state index contributed by atoms with van der Waals surface area (Å²) < 4.78 is 0. The van der Waals surface area contributed by atoms with Crippen molar-refractivity contribution in [1.82, 2.24) is 0 Å². The highest BCUT2D eigenvalue weighted by Gasteiger charge is 2.38. The van der Waals surface area contributed by atoms with Gasteiger partial charge in [0.15, 0.2) is 4.87 Å². The molecule has 2 unspecified atom stereocenters. The second-order valence-corrected chi connectivity index (χ2v) is 4.77. The van der Waals surface area contributed by atoms with Crippen LogP contribution in [0.25, 0.3) is 0 Å². The van der Waals surface area contributed by atoms with Crippen molar-refractivity contribution in [2.75, 3.05) is 0 Å². The molecule has 4 nitrogen and oxygen atoms in total. The van der Waals surface area contributed by atoms with Crippen LogP contribution >= 0.6 is 11.6 Å². The number of carbonyl (C=O) groups is 1. The molecule has 0 radical (unpaired) electrons. The fraction of sp³-hybridized carbons (Fsp3) is 0.231. The third-order valence-corrected chi connectivity index (χ3v) is 3.23. The molecule has 0 bridgehead atoms. The Morgan fingerprint density at radius 2 is 2.06 bits per heavy atom. The normalized spacial score (nSPS) is 24.4. The minimum absolute atomic E-state index is 0.0174.